The van der Waals surface area contributed by atoms with E-state index in [1.54, 1.807) is 0 Å². The van der Waals surface area contributed by atoms with Crippen molar-refractivity contribution in [2.24, 2.45) is 0 Å². The molecule has 1 aromatic heterocycles. The molecule has 0 radical (unpaired) electrons. The number of anilines is 1. The Bertz CT molecular complexity index is 428. The standard InChI is InChI=1S/C16H25N3O/c1-12(2)16-6-5-14(9-18-16)19-7-8-20-15(11-19)10-17-13-3-4-13/h5-6,9,12-13,15,17H,3-4,7-8,10-11H2,1-2H3/t15-/m0/s1. The van der Waals surface area contributed by atoms with E-state index in [-0.39, 0.29) is 0 Å². The van der Waals surface area contributed by atoms with Crippen LogP contribution in [0.1, 0.15) is 38.3 Å². The molecule has 20 heavy (non-hydrogen) atoms. The highest BCUT2D eigenvalue weighted by molar-refractivity contribution is 5.45. The Balaban J connectivity index is 1.57. The average molecular weight is 275 g/mol. The van der Waals surface area contributed by atoms with Gasteiger partial charge in [0.1, 0.15) is 0 Å². The van der Waals surface area contributed by atoms with Crippen LogP contribution in [-0.2, 0) is 4.74 Å². The van der Waals surface area contributed by atoms with E-state index in [2.05, 4.69) is 41.2 Å². The highest BCUT2D eigenvalue weighted by Gasteiger charge is 2.25. The molecule has 0 unspecified atom stereocenters. The zero-order valence-corrected chi connectivity index (χ0v) is 12.5. The van der Waals surface area contributed by atoms with Gasteiger partial charge >= 0.3 is 0 Å². The molecule has 0 aromatic carbocycles. The average Bonchev–Trinajstić information content (AvgIpc) is 3.30. The van der Waals surface area contributed by atoms with Gasteiger partial charge in [-0.05, 0) is 30.9 Å². The molecule has 0 bridgehead atoms. The zero-order valence-electron chi connectivity index (χ0n) is 12.5. The van der Waals surface area contributed by atoms with Crippen LogP contribution in [-0.4, -0.2) is 43.4 Å². The Hall–Kier alpha value is -1.13. The second kappa shape index (κ2) is 6.10. The van der Waals surface area contributed by atoms with Gasteiger partial charge in [0.05, 0.1) is 24.6 Å². The maximum Gasteiger partial charge on any atom is 0.0874 e. The molecule has 1 aliphatic heterocycles. The molecule has 2 aliphatic rings. The highest BCUT2D eigenvalue weighted by atomic mass is 16.5. The summed E-state index contributed by atoms with van der Waals surface area (Å²) >= 11 is 0. The quantitative estimate of drug-likeness (QED) is 0.893. The lowest BCUT2D eigenvalue weighted by Gasteiger charge is -2.34. The van der Waals surface area contributed by atoms with Crippen LogP contribution in [0.5, 0.6) is 0 Å². The Morgan fingerprint density at radius 2 is 2.25 bits per heavy atom. The summed E-state index contributed by atoms with van der Waals surface area (Å²) in [5.74, 6) is 0.490. The number of rotatable bonds is 5. The minimum Gasteiger partial charge on any atom is -0.373 e. The summed E-state index contributed by atoms with van der Waals surface area (Å²) in [5, 5.41) is 3.56. The second-order valence-corrected chi connectivity index (χ2v) is 6.22. The maximum absolute atomic E-state index is 5.85. The van der Waals surface area contributed by atoms with Gasteiger partial charge in [0.15, 0.2) is 0 Å². The second-order valence-electron chi connectivity index (χ2n) is 6.22. The van der Waals surface area contributed by atoms with Crippen molar-refractivity contribution in [2.45, 2.75) is 44.8 Å². The van der Waals surface area contributed by atoms with Crippen LogP contribution in [0.15, 0.2) is 18.3 Å². The Morgan fingerprint density at radius 3 is 2.90 bits per heavy atom. The molecule has 2 fully saturated rings. The van der Waals surface area contributed by atoms with Crippen LogP contribution in [0.25, 0.3) is 0 Å². The summed E-state index contributed by atoms with van der Waals surface area (Å²) < 4.78 is 5.85. The Kier molecular flexibility index (Phi) is 4.22. The van der Waals surface area contributed by atoms with Crippen LogP contribution in [0.4, 0.5) is 5.69 Å². The van der Waals surface area contributed by atoms with Crippen molar-refractivity contribution < 1.29 is 4.74 Å². The van der Waals surface area contributed by atoms with E-state index in [4.69, 9.17) is 4.74 Å². The summed E-state index contributed by atoms with van der Waals surface area (Å²) in [5.41, 5.74) is 2.38. The molecule has 4 heteroatoms. The van der Waals surface area contributed by atoms with Crippen molar-refractivity contribution in [1.82, 2.24) is 10.3 Å². The minimum absolute atomic E-state index is 0.300. The molecule has 4 nitrogen and oxygen atoms in total. The fraction of sp³-hybridized carbons (Fsp3) is 0.688. The Labute approximate surface area is 121 Å². The van der Waals surface area contributed by atoms with Gasteiger partial charge in [0.2, 0.25) is 0 Å². The number of pyridine rings is 1. The van der Waals surface area contributed by atoms with Crippen LogP contribution < -0.4 is 10.2 Å². The lowest BCUT2D eigenvalue weighted by atomic mass is 10.1. The van der Waals surface area contributed by atoms with E-state index >= 15 is 0 Å². The van der Waals surface area contributed by atoms with E-state index in [1.165, 1.54) is 18.5 Å². The van der Waals surface area contributed by atoms with E-state index in [1.807, 2.05) is 6.20 Å². The predicted octanol–water partition coefficient (Wildman–Crippen LogP) is 2.16. The van der Waals surface area contributed by atoms with E-state index in [0.29, 0.717) is 12.0 Å². The number of nitrogens with one attached hydrogen (secondary N) is 1. The molecule has 1 aromatic rings. The number of hydrogen-bond donors (Lipinski definition) is 1. The fourth-order valence-corrected chi connectivity index (χ4v) is 2.59. The predicted molar refractivity (Wildman–Crippen MR) is 81.3 cm³/mol. The van der Waals surface area contributed by atoms with Gasteiger partial charge in [-0.15, -0.1) is 0 Å². The minimum atomic E-state index is 0.300. The first-order valence-electron chi connectivity index (χ1n) is 7.78. The van der Waals surface area contributed by atoms with Crippen molar-refractivity contribution in [3.63, 3.8) is 0 Å². The fourth-order valence-electron chi connectivity index (χ4n) is 2.59. The third-order valence-corrected chi connectivity index (χ3v) is 4.08. The third kappa shape index (κ3) is 3.49. The normalized spacial score (nSPS) is 23.4. The highest BCUT2D eigenvalue weighted by Crippen LogP contribution is 2.21. The zero-order chi connectivity index (χ0) is 13.9. The lowest BCUT2D eigenvalue weighted by molar-refractivity contribution is 0.0407. The molecule has 1 N–H and O–H groups in total. The third-order valence-electron chi connectivity index (χ3n) is 4.08. The van der Waals surface area contributed by atoms with Crippen molar-refractivity contribution in [3.8, 4) is 0 Å². The molecule has 0 amide bonds. The van der Waals surface area contributed by atoms with Gasteiger partial charge in [-0.2, -0.15) is 0 Å². The first-order valence-corrected chi connectivity index (χ1v) is 7.78. The summed E-state index contributed by atoms with van der Waals surface area (Å²) in [6.07, 6.45) is 4.97. The molecule has 110 valence electrons. The number of ether oxygens (including phenoxy) is 1. The van der Waals surface area contributed by atoms with Crippen LogP contribution in [0, 0.1) is 0 Å². The summed E-state index contributed by atoms with van der Waals surface area (Å²) in [7, 11) is 0. The number of hydrogen-bond acceptors (Lipinski definition) is 4. The van der Waals surface area contributed by atoms with Crippen molar-refractivity contribution >= 4 is 5.69 Å². The molecular formula is C16H25N3O. The van der Waals surface area contributed by atoms with Gasteiger partial charge in [-0.1, -0.05) is 13.8 Å². The molecule has 1 aliphatic carbocycles. The van der Waals surface area contributed by atoms with E-state index < -0.39 is 0 Å². The van der Waals surface area contributed by atoms with Crippen LogP contribution in [0.3, 0.4) is 0 Å². The van der Waals surface area contributed by atoms with Crippen molar-refractivity contribution in [1.29, 1.82) is 0 Å². The van der Waals surface area contributed by atoms with E-state index in [9.17, 15) is 0 Å². The first-order chi connectivity index (χ1) is 9.72. The van der Waals surface area contributed by atoms with Crippen LogP contribution >= 0.6 is 0 Å². The van der Waals surface area contributed by atoms with Gasteiger partial charge < -0.3 is 15.0 Å². The molecular weight excluding hydrogens is 250 g/mol. The van der Waals surface area contributed by atoms with E-state index in [0.717, 1.165) is 38.0 Å². The molecule has 2 heterocycles. The molecule has 3 rings (SSSR count). The molecule has 0 spiro atoms. The molecule has 1 atom stereocenters. The Morgan fingerprint density at radius 1 is 1.40 bits per heavy atom. The largest absolute Gasteiger partial charge is 0.373 e. The smallest absolute Gasteiger partial charge is 0.0874 e. The van der Waals surface area contributed by atoms with Crippen molar-refractivity contribution in [2.75, 3.05) is 31.1 Å². The summed E-state index contributed by atoms with van der Waals surface area (Å²) in [6, 6.07) is 5.09. The summed E-state index contributed by atoms with van der Waals surface area (Å²) in [4.78, 5) is 6.95. The summed E-state index contributed by atoms with van der Waals surface area (Å²) in [6.45, 7) is 8.05. The van der Waals surface area contributed by atoms with Gasteiger partial charge in [-0.3, -0.25) is 4.98 Å². The van der Waals surface area contributed by atoms with Gasteiger partial charge in [0, 0.05) is 31.4 Å². The monoisotopic (exact) mass is 275 g/mol. The number of morpholine rings is 1. The lowest BCUT2D eigenvalue weighted by Crippen LogP contribution is -2.47. The first kappa shape index (κ1) is 13.8. The number of nitrogens with zero attached hydrogens (tertiary/aromatic N) is 2. The van der Waals surface area contributed by atoms with Gasteiger partial charge in [-0.25, -0.2) is 0 Å². The van der Waals surface area contributed by atoms with Crippen LogP contribution in [0.2, 0.25) is 0 Å². The SMILES string of the molecule is CC(C)c1ccc(N2CCO[C@@H](CNC3CC3)C2)cn1. The van der Waals surface area contributed by atoms with Crippen molar-refractivity contribution in [3.05, 3.63) is 24.0 Å². The number of aromatic nitrogens is 1. The maximum atomic E-state index is 5.85. The topological polar surface area (TPSA) is 37.4 Å². The molecule has 1 saturated heterocycles. The molecule has 1 saturated carbocycles. The van der Waals surface area contributed by atoms with Gasteiger partial charge in [0.25, 0.3) is 0 Å².